The molecule has 1 unspecified atom stereocenters. The highest BCUT2D eigenvalue weighted by atomic mass is 32.1. The van der Waals surface area contributed by atoms with Crippen molar-refractivity contribution in [3.63, 3.8) is 0 Å². The minimum absolute atomic E-state index is 0.440. The van der Waals surface area contributed by atoms with Crippen molar-refractivity contribution in [1.82, 2.24) is 15.1 Å². The molecule has 0 spiro atoms. The second-order valence-corrected chi connectivity index (χ2v) is 5.62. The van der Waals surface area contributed by atoms with E-state index < -0.39 is 0 Å². The highest BCUT2D eigenvalue weighted by Gasteiger charge is 2.29. The smallest absolute Gasteiger partial charge is 0.169 e. The fourth-order valence-corrected chi connectivity index (χ4v) is 3.13. The van der Waals surface area contributed by atoms with E-state index in [0.29, 0.717) is 6.04 Å². The van der Waals surface area contributed by atoms with Crippen LogP contribution in [0.4, 0.5) is 0 Å². The first-order valence-electron chi connectivity index (χ1n) is 6.46. The Bertz CT molecular complexity index is 255. The molecule has 0 aromatic heterocycles. The second kappa shape index (κ2) is 5.32. The third-order valence-corrected chi connectivity index (χ3v) is 3.88. The van der Waals surface area contributed by atoms with E-state index in [0.717, 1.165) is 24.2 Å². The molecule has 0 aromatic carbocycles. The van der Waals surface area contributed by atoms with Gasteiger partial charge in [0.1, 0.15) is 0 Å². The zero-order valence-corrected chi connectivity index (χ0v) is 11.2. The van der Waals surface area contributed by atoms with E-state index in [1.165, 1.54) is 32.4 Å². The first-order valence-corrected chi connectivity index (χ1v) is 6.87. The summed E-state index contributed by atoms with van der Waals surface area (Å²) in [6, 6.07) is 1.19. The maximum atomic E-state index is 5.47. The van der Waals surface area contributed by atoms with Gasteiger partial charge in [-0.15, -0.1) is 0 Å². The maximum Gasteiger partial charge on any atom is 0.169 e. The molecule has 1 atom stereocenters. The van der Waals surface area contributed by atoms with Gasteiger partial charge >= 0.3 is 0 Å². The summed E-state index contributed by atoms with van der Waals surface area (Å²) in [5.41, 5.74) is 0. The Balaban J connectivity index is 1.92. The molecule has 0 radical (unpaired) electrons. The lowest BCUT2D eigenvalue weighted by atomic mass is 10.2. The van der Waals surface area contributed by atoms with Crippen molar-refractivity contribution >= 4 is 17.3 Å². The molecular weight excluding hydrogens is 218 g/mol. The molecule has 2 rings (SSSR count). The predicted octanol–water partition coefficient (Wildman–Crippen LogP) is 1.44. The lowest BCUT2D eigenvalue weighted by Crippen LogP contribution is -2.46. The van der Waals surface area contributed by atoms with E-state index in [-0.39, 0.29) is 0 Å². The Morgan fingerprint density at radius 1 is 1.25 bits per heavy atom. The second-order valence-electron chi connectivity index (χ2n) is 5.24. The zero-order valence-electron chi connectivity index (χ0n) is 10.4. The summed E-state index contributed by atoms with van der Waals surface area (Å²) in [6.45, 7) is 9.08. The van der Waals surface area contributed by atoms with Crippen molar-refractivity contribution in [2.24, 2.45) is 0 Å². The van der Waals surface area contributed by atoms with Gasteiger partial charge in [-0.1, -0.05) is 0 Å². The molecule has 0 aromatic rings. The number of fused-ring (bicyclic) bond motifs is 1. The standard InChI is InChI=1S/C12H23N3S/c1-10(2)13-12(16)15-8-4-7-14-6-3-5-11(14)9-15/h10-11H,3-9H2,1-2H3,(H,13,16). The van der Waals surface area contributed by atoms with Crippen molar-refractivity contribution in [2.75, 3.05) is 26.2 Å². The topological polar surface area (TPSA) is 18.5 Å². The van der Waals surface area contributed by atoms with E-state index in [2.05, 4.69) is 29.0 Å². The summed E-state index contributed by atoms with van der Waals surface area (Å²) in [4.78, 5) is 5.00. The molecule has 2 fully saturated rings. The molecule has 1 N–H and O–H groups in total. The van der Waals surface area contributed by atoms with Crippen LogP contribution >= 0.6 is 12.2 Å². The minimum atomic E-state index is 0.440. The highest BCUT2D eigenvalue weighted by molar-refractivity contribution is 7.80. The van der Waals surface area contributed by atoms with Crippen LogP contribution in [0.5, 0.6) is 0 Å². The number of rotatable bonds is 1. The fourth-order valence-electron chi connectivity index (χ4n) is 2.73. The van der Waals surface area contributed by atoms with Gasteiger partial charge in [0.05, 0.1) is 0 Å². The first kappa shape index (κ1) is 12.1. The lowest BCUT2D eigenvalue weighted by Gasteiger charge is -2.28. The summed E-state index contributed by atoms with van der Waals surface area (Å²) in [6.07, 6.45) is 3.96. The van der Waals surface area contributed by atoms with Gasteiger partial charge in [0.2, 0.25) is 0 Å². The number of hydrogen-bond acceptors (Lipinski definition) is 2. The molecule has 2 heterocycles. The Morgan fingerprint density at radius 3 is 2.75 bits per heavy atom. The van der Waals surface area contributed by atoms with Crippen LogP contribution in [-0.4, -0.2) is 53.2 Å². The number of hydrogen-bond donors (Lipinski definition) is 1. The molecular formula is C12H23N3S. The Hall–Kier alpha value is -0.350. The Labute approximate surface area is 104 Å². The molecule has 2 aliphatic rings. The van der Waals surface area contributed by atoms with Crippen LogP contribution in [0.25, 0.3) is 0 Å². The summed E-state index contributed by atoms with van der Waals surface area (Å²) in [5, 5.41) is 4.31. The van der Waals surface area contributed by atoms with E-state index in [1.54, 1.807) is 0 Å². The minimum Gasteiger partial charge on any atom is -0.360 e. The van der Waals surface area contributed by atoms with Gasteiger partial charge in [-0.2, -0.15) is 0 Å². The molecule has 16 heavy (non-hydrogen) atoms. The number of nitrogens with zero attached hydrogens (tertiary/aromatic N) is 2. The molecule has 0 amide bonds. The molecule has 0 saturated carbocycles. The normalized spacial score (nSPS) is 26.7. The van der Waals surface area contributed by atoms with Gasteiger partial charge in [-0.3, -0.25) is 4.90 Å². The van der Waals surface area contributed by atoms with Crippen molar-refractivity contribution in [1.29, 1.82) is 0 Å². The van der Waals surface area contributed by atoms with Crippen molar-refractivity contribution < 1.29 is 0 Å². The summed E-state index contributed by atoms with van der Waals surface area (Å²) in [7, 11) is 0. The van der Waals surface area contributed by atoms with Gasteiger partial charge in [0.15, 0.2) is 5.11 Å². The molecule has 92 valence electrons. The van der Waals surface area contributed by atoms with Gasteiger partial charge < -0.3 is 10.2 Å². The Kier molecular flexibility index (Phi) is 4.03. The zero-order chi connectivity index (χ0) is 11.5. The van der Waals surface area contributed by atoms with Crippen molar-refractivity contribution in [2.45, 2.75) is 45.2 Å². The quantitative estimate of drug-likeness (QED) is 0.700. The summed E-state index contributed by atoms with van der Waals surface area (Å²) < 4.78 is 0. The summed E-state index contributed by atoms with van der Waals surface area (Å²) in [5.74, 6) is 0. The van der Waals surface area contributed by atoms with Gasteiger partial charge in [0, 0.05) is 31.7 Å². The summed E-state index contributed by atoms with van der Waals surface area (Å²) >= 11 is 5.47. The van der Waals surface area contributed by atoms with Gasteiger partial charge in [-0.05, 0) is 51.9 Å². The molecule has 0 aliphatic carbocycles. The Morgan fingerprint density at radius 2 is 2.00 bits per heavy atom. The predicted molar refractivity (Wildman–Crippen MR) is 71.7 cm³/mol. The first-order chi connectivity index (χ1) is 7.66. The molecule has 3 nitrogen and oxygen atoms in total. The van der Waals surface area contributed by atoms with Crippen LogP contribution in [0.1, 0.15) is 33.1 Å². The average molecular weight is 241 g/mol. The molecule has 0 bridgehead atoms. The van der Waals surface area contributed by atoms with Crippen LogP contribution in [-0.2, 0) is 0 Å². The SMILES string of the molecule is CC(C)NC(=S)N1CCCN2CCCC2C1. The van der Waals surface area contributed by atoms with E-state index >= 15 is 0 Å². The van der Waals surface area contributed by atoms with Crippen LogP contribution in [0.3, 0.4) is 0 Å². The molecule has 2 saturated heterocycles. The van der Waals surface area contributed by atoms with Crippen LogP contribution in [0.15, 0.2) is 0 Å². The fraction of sp³-hybridized carbons (Fsp3) is 0.917. The van der Waals surface area contributed by atoms with Crippen LogP contribution in [0, 0.1) is 0 Å². The lowest BCUT2D eigenvalue weighted by molar-refractivity contribution is 0.255. The third-order valence-electron chi connectivity index (χ3n) is 3.50. The highest BCUT2D eigenvalue weighted by Crippen LogP contribution is 2.21. The molecule has 4 heteroatoms. The molecule has 2 aliphatic heterocycles. The van der Waals surface area contributed by atoms with E-state index in [4.69, 9.17) is 12.2 Å². The maximum absolute atomic E-state index is 5.47. The average Bonchev–Trinajstić information content (AvgIpc) is 2.54. The van der Waals surface area contributed by atoms with Crippen LogP contribution in [0.2, 0.25) is 0 Å². The van der Waals surface area contributed by atoms with Crippen molar-refractivity contribution in [3.05, 3.63) is 0 Å². The van der Waals surface area contributed by atoms with Crippen molar-refractivity contribution in [3.8, 4) is 0 Å². The van der Waals surface area contributed by atoms with Crippen LogP contribution < -0.4 is 5.32 Å². The number of thiocarbonyl (C=S) groups is 1. The van der Waals surface area contributed by atoms with E-state index in [1.807, 2.05) is 0 Å². The third kappa shape index (κ3) is 2.86. The van der Waals surface area contributed by atoms with E-state index in [9.17, 15) is 0 Å². The largest absolute Gasteiger partial charge is 0.360 e. The monoisotopic (exact) mass is 241 g/mol. The number of nitrogens with one attached hydrogen (secondary N) is 1. The van der Waals surface area contributed by atoms with Gasteiger partial charge in [0.25, 0.3) is 0 Å². The van der Waals surface area contributed by atoms with Gasteiger partial charge in [-0.25, -0.2) is 0 Å².